The van der Waals surface area contributed by atoms with E-state index in [0.717, 1.165) is 41.7 Å². The molecular formula is C23H26ClN5OS. The lowest BCUT2D eigenvalue weighted by Gasteiger charge is -2.32. The van der Waals surface area contributed by atoms with Crippen LogP contribution in [0.5, 0.6) is 0 Å². The molecule has 1 aliphatic heterocycles. The maximum absolute atomic E-state index is 5.95. The molecule has 31 heavy (non-hydrogen) atoms. The van der Waals surface area contributed by atoms with Gasteiger partial charge in [0.1, 0.15) is 17.3 Å². The van der Waals surface area contributed by atoms with Gasteiger partial charge < -0.3 is 20.0 Å². The van der Waals surface area contributed by atoms with Gasteiger partial charge in [-0.2, -0.15) is 4.98 Å². The molecule has 1 aliphatic rings. The summed E-state index contributed by atoms with van der Waals surface area (Å²) in [4.78, 5) is 11.5. The normalized spacial score (nSPS) is 16.2. The molecule has 2 N–H and O–H groups in total. The van der Waals surface area contributed by atoms with E-state index in [-0.39, 0.29) is 0 Å². The number of thiocarbonyl (C=S) groups is 1. The lowest BCUT2D eigenvalue weighted by Crippen LogP contribution is -2.35. The molecule has 3 aromatic rings. The minimum atomic E-state index is 0.452. The van der Waals surface area contributed by atoms with Gasteiger partial charge in [0.25, 0.3) is 0 Å². The average molecular weight is 456 g/mol. The Labute approximate surface area is 193 Å². The molecule has 1 fully saturated rings. The largest absolute Gasteiger partial charge is 0.459 e. The van der Waals surface area contributed by atoms with Crippen molar-refractivity contribution in [2.45, 2.75) is 33.2 Å². The highest BCUT2D eigenvalue weighted by Gasteiger charge is 2.18. The second-order valence-electron chi connectivity index (χ2n) is 7.97. The van der Waals surface area contributed by atoms with Crippen molar-refractivity contribution in [2.75, 3.05) is 23.3 Å². The molecule has 1 atom stereocenters. The third-order valence-electron chi connectivity index (χ3n) is 5.26. The Kier molecular flexibility index (Phi) is 6.73. The van der Waals surface area contributed by atoms with E-state index < -0.39 is 0 Å². The molecule has 8 heteroatoms. The zero-order valence-electron chi connectivity index (χ0n) is 17.7. The quantitative estimate of drug-likeness (QED) is 0.498. The molecule has 162 valence electrons. The molecule has 6 nitrogen and oxygen atoms in total. The van der Waals surface area contributed by atoms with E-state index in [1.807, 2.05) is 49.4 Å². The van der Waals surface area contributed by atoms with Crippen LogP contribution in [0.25, 0.3) is 11.3 Å². The van der Waals surface area contributed by atoms with E-state index in [2.05, 4.69) is 32.4 Å². The second-order valence-corrected chi connectivity index (χ2v) is 8.81. The molecule has 3 heterocycles. The predicted molar refractivity (Wildman–Crippen MR) is 130 cm³/mol. The van der Waals surface area contributed by atoms with Crippen LogP contribution in [-0.2, 0) is 6.54 Å². The number of rotatable bonds is 5. The van der Waals surface area contributed by atoms with Gasteiger partial charge in [0.2, 0.25) is 5.95 Å². The standard InChI is InChI=1S/C23H26ClN5OS/c1-15-4-3-11-29(14-15)21-12-16(2)26-22(27-21)28-23(31)25-13-19-9-10-20(30-19)17-5-7-18(24)8-6-17/h5-10,12,15H,3-4,11,13-14H2,1-2H3,(H2,25,26,27,28,31)/t15-/m1/s1. The minimum Gasteiger partial charge on any atom is -0.459 e. The summed E-state index contributed by atoms with van der Waals surface area (Å²) in [6.45, 7) is 6.76. The first kappa shape index (κ1) is 21.6. The highest BCUT2D eigenvalue weighted by molar-refractivity contribution is 7.80. The number of hydrogen-bond acceptors (Lipinski definition) is 5. The zero-order chi connectivity index (χ0) is 21.8. The fourth-order valence-corrected chi connectivity index (χ4v) is 4.01. The number of halogens is 1. The maximum Gasteiger partial charge on any atom is 0.231 e. The van der Waals surface area contributed by atoms with Crippen molar-refractivity contribution >= 4 is 40.7 Å². The summed E-state index contributed by atoms with van der Waals surface area (Å²) in [5.41, 5.74) is 1.89. The Bertz CT molecular complexity index is 1050. The van der Waals surface area contributed by atoms with E-state index in [9.17, 15) is 0 Å². The molecule has 2 aromatic heterocycles. The summed E-state index contributed by atoms with van der Waals surface area (Å²) in [5, 5.41) is 7.41. The first-order valence-electron chi connectivity index (χ1n) is 10.5. The zero-order valence-corrected chi connectivity index (χ0v) is 19.3. The van der Waals surface area contributed by atoms with Crippen molar-refractivity contribution < 1.29 is 4.42 Å². The van der Waals surface area contributed by atoms with Crippen LogP contribution < -0.4 is 15.5 Å². The number of nitrogens with one attached hydrogen (secondary N) is 2. The van der Waals surface area contributed by atoms with Crippen LogP contribution in [0.4, 0.5) is 11.8 Å². The van der Waals surface area contributed by atoms with Gasteiger partial charge >= 0.3 is 0 Å². The molecule has 1 aromatic carbocycles. The van der Waals surface area contributed by atoms with Crippen LogP contribution in [0, 0.1) is 12.8 Å². The number of piperidine rings is 1. The van der Waals surface area contributed by atoms with Gasteiger partial charge in [-0.05, 0) is 74.3 Å². The van der Waals surface area contributed by atoms with Crippen LogP contribution >= 0.6 is 23.8 Å². The molecule has 0 radical (unpaired) electrons. The second kappa shape index (κ2) is 9.66. The smallest absolute Gasteiger partial charge is 0.231 e. The van der Waals surface area contributed by atoms with E-state index in [1.54, 1.807) is 0 Å². The summed E-state index contributed by atoms with van der Waals surface area (Å²) >= 11 is 11.4. The molecule has 0 bridgehead atoms. The fraction of sp³-hybridized carbons (Fsp3) is 0.348. The molecule has 1 saturated heterocycles. The third-order valence-corrected chi connectivity index (χ3v) is 5.76. The Morgan fingerprint density at radius 3 is 2.81 bits per heavy atom. The lowest BCUT2D eigenvalue weighted by atomic mass is 10.0. The van der Waals surface area contributed by atoms with Crippen LogP contribution in [-0.4, -0.2) is 28.2 Å². The number of benzene rings is 1. The monoisotopic (exact) mass is 455 g/mol. The van der Waals surface area contributed by atoms with Crippen LogP contribution in [0.1, 0.15) is 31.2 Å². The summed E-state index contributed by atoms with van der Waals surface area (Å²) in [7, 11) is 0. The topological polar surface area (TPSA) is 66.2 Å². The molecule has 0 amide bonds. The maximum atomic E-state index is 5.95. The van der Waals surface area contributed by atoms with Gasteiger partial charge in [0.05, 0.1) is 6.54 Å². The Morgan fingerprint density at radius 2 is 2.03 bits per heavy atom. The minimum absolute atomic E-state index is 0.452. The van der Waals surface area contributed by atoms with Gasteiger partial charge in [0, 0.05) is 35.4 Å². The summed E-state index contributed by atoms with van der Waals surface area (Å²) in [6, 6.07) is 13.4. The number of furan rings is 1. The van der Waals surface area contributed by atoms with E-state index >= 15 is 0 Å². The van der Waals surface area contributed by atoms with Crippen molar-refractivity contribution in [3.63, 3.8) is 0 Å². The van der Waals surface area contributed by atoms with Crippen LogP contribution in [0.3, 0.4) is 0 Å². The van der Waals surface area contributed by atoms with Crippen molar-refractivity contribution in [1.82, 2.24) is 15.3 Å². The van der Waals surface area contributed by atoms with Gasteiger partial charge in [0.15, 0.2) is 5.11 Å². The Morgan fingerprint density at radius 1 is 1.23 bits per heavy atom. The van der Waals surface area contributed by atoms with Gasteiger partial charge in [-0.1, -0.05) is 18.5 Å². The number of nitrogens with zero attached hydrogens (tertiary/aromatic N) is 3. The summed E-state index contributed by atoms with van der Waals surface area (Å²) in [5.74, 6) is 3.70. The molecular weight excluding hydrogens is 430 g/mol. The molecule has 0 spiro atoms. The van der Waals surface area contributed by atoms with Crippen LogP contribution in [0.2, 0.25) is 5.02 Å². The van der Waals surface area contributed by atoms with E-state index in [1.165, 1.54) is 12.8 Å². The fourth-order valence-electron chi connectivity index (χ4n) is 3.72. The Hall–Kier alpha value is -2.64. The summed E-state index contributed by atoms with van der Waals surface area (Å²) in [6.07, 6.45) is 2.46. The lowest BCUT2D eigenvalue weighted by molar-refractivity contribution is 0.444. The molecule has 0 unspecified atom stereocenters. The van der Waals surface area contributed by atoms with Crippen molar-refractivity contribution in [3.8, 4) is 11.3 Å². The van der Waals surface area contributed by atoms with Gasteiger partial charge in [-0.15, -0.1) is 0 Å². The average Bonchev–Trinajstić information content (AvgIpc) is 3.21. The van der Waals surface area contributed by atoms with Crippen LogP contribution in [0.15, 0.2) is 46.9 Å². The van der Waals surface area contributed by atoms with Crippen molar-refractivity contribution in [3.05, 3.63) is 58.9 Å². The molecule has 0 aliphatic carbocycles. The van der Waals surface area contributed by atoms with Gasteiger partial charge in [-0.3, -0.25) is 0 Å². The predicted octanol–water partition coefficient (Wildman–Crippen LogP) is 5.42. The highest BCUT2D eigenvalue weighted by atomic mass is 35.5. The van der Waals surface area contributed by atoms with Crippen molar-refractivity contribution in [2.24, 2.45) is 5.92 Å². The number of hydrogen-bond donors (Lipinski definition) is 2. The van der Waals surface area contributed by atoms with E-state index in [0.29, 0.717) is 28.5 Å². The van der Waals surface area contributed by atoms with E-state index in [4.69, 9.17) is 28.2 Å². The SMILES string of the molecule is Cc1cc(N2CCC[C@@H](C)C2)nc(NC(=S)NCc2ccc(-c3ccc(Cl)cc3)o2)n1. The molecule has 4 rings (SSSR count). The van der Waals surface area contributed by atoms with Crippen molar-refractivity contribution in [1.29, 1.82) is 0 Å². The Balaban J connectivity index is 1.35. The van der Waals surface area contributed by atoms with Gasteiger partial charge in [-0.25, -0.2) is 4.98 Å². The first-order chi connectivity index (χ1) is 15.0. The third kappa shape index (κ3) is 5.74. The number of aromatic nitrogens is 2. The number of aryl methyl sites for hydroxylation is 1. The summed E-state index contributed by atoms with van der Waals surface area (Å²) < 4.78 is 5.91. The highest BCUT2D eigenvalue weighted by Crippen LogP contribution is 2.24. The number of anilines is 2. The first-order valence-corrected chi connectivity index (χ1v) is 11.2. The molecule has 0 saturated carbocycles.